The van der Waals surface area contributed by atoms with Crippen molar-refractivity contribution in [2.45, 2.75) is 49.8 Å². The number of benzene rings is 2. The first-order valence-corrected chi connectivity index (χ1v) is 11.5. The minimum absolute atomic E-state index is 0.0535. The maximum atomic E-state index is 12.8. The van der Waals surface area contributed by atoms with Crippen LogP contribution in [0.4, 0.5) is 14.5 Å². The first kappa shape index (κ1) is 21.7. The number of rotatable bonds is 8. The van der Waals surface area contributed by atoms with Crippen LogP contribution in [0, 0.1) is 0 Å². The first-order valence-electron chi connectivity index (χ1n) is 10.0. The number of hydrogen-bond donors (Lipinski definition) is 1. The second kappa shape index (κ2) is 9.22. The molecule has 0 radical (unpaired) electrons. The lowest BCUT2D eigenvalue weighted by atomic mass is 9.98. The van der Waals surface area contributed by atoms with Gasteiger partial charge in [-0.3, -0.25) is 4.72 Å². The third-order valence-electron chi connectivity index (χ3n) is 5.54. The molecule has 0 spiro atoms. The van der Waals surface area contributed by atoms with Crippen molar-refractivity contribution in [3.63, 3.8) is 0 Å². The maximum absolute atomic E-state index is 12.8. The lowest BCUT2D eigenvalue weighted by molar-refractivity contribution is 0.121. The van der Waals surface area contributed by atoms with Crippen LogP contribution in [-0.4, -0.2) is 39.4 Å². The quantitative estimate of drug-likeness (QED) is 0.647. The molecule has 1 heterocycles. The van der Waals surface area contributed by atoms with Crippen molar-refractivity contribution in [2.24, 2.45) is 0 Å². The fourth-order valence-electron chi connectivity index (χ4n) is 3.76. The number of anilines is 1. The van der Waals surface area contributed by atoms with Gasteiger partial charge in [-0.2, -0.15) is 0 Å². The van der Waals surface area contributed by atoms with E-state index >= 15 is 0 Å². The largest absolute Gasteiger partial charge is 0.303 e. The summed E-state index contributed by atoms with van der Waals surface area (Å²) >= 11 is 0. The van der Waals surface area contributed by atoms with E-state index in [1.54, 1.807) is 12.1 Å². The molecule has 0 saturated carbocycles. The van der Waals surface area contributed by atoms with Gasteiger partial charge in [-0.15, -0.1) is 0 Å². The Balaban J connectivity index is 1.66. The van der Waals surface area contributed by atoms with Gasteiger partial charge in [-0.1, -0.05) is 38.1 Å². The average Bonchev–Trinajstić information content (AvgIpc) is 3.16. The highest BCUT2D eigenvalue weighted by Crippen LogP contribution is 2.29. The number of halogens is 2. The van der Waals surface area contributed by atoms with E-state index in [0.717, 1.165) is 32.5 Å². The summed E-state index contributed by atoms with van der Waals surface area (Å²) < 4.78 is 53.4. The summed E-state index contributed by atoms with van der Waals surface area (Å²) in [7, 11) is -3.77. The molecule has 7 heteroatoms. The summed E-state index contributed by atoms with van der Waals surface area (Å²) in [6.07, 6.45) is -0.216. The Labute approximate surface area is 172 Å². The Morgan fingerprint density at radius 3 is 2.34 bits per heavy atom. The zero-order valence-corrected chi connectivity index (χ0v) is 17.6. The van der Waals surface area contributed by atoms with Gasteiger partial charge in [0.05, 0.1) is 4.90 Å². The molecule has 29 heavy (non-hydrogen) atoms. The zero-order valence-electron chi connectivity index (χ0n) is 16.8. The maximum Gasteiger partial charge on any atom is 0.261 e. The van der Waals surface area contributed by atoms with Crippen LogP contribution in [0.5, 0.6) is 0 Å². The Bertz CT molecular complexity index is 899. The Morgan fingerprint density at radius 2 is 1.76 bits per heavy atom. The number of likely N-dealkylation sites (tertiary alicyclic amines) is 1. The highest BCUT2D eigenvalue weighted by molar-refractivity contribution is 7.92. The monoisotopic (exact) mass is 422 g/mol. The molecule has 158 valence electrons. The van der Waals surface area contributed by atoms with E-state index in [9.17, 15) is 17.2 Å². The van der Waals surface area contributed by atoms with Crippen LogP contribution in [0.1, 0.15) is 49.7 Å². The molecule has 2 aromatic rings. The van der Waals surface area contributed by atoms with E-state index in [2.05, 4.69) is 16.5 Å². The fourth-order valence-corrected chi connectivity index (χ4v) is 4.82. The number of nitrogens with one attached hydrogen (secondary N) is 1. The number of hydrogen-bond acceptors (Lipinski definition) is 3. The van der Waals surface area contributed by atoms with Crippen molar-refractivity contribution < 1.29 is 17.2 Å². The molecular formula is C22H28F2N2O2S. The van der Waals surface area contributed by atoms with E-state index in [1.165, 1.54) is 36.8 Å². The van der Waals surface area contributed by atoms with Crippen LogP contribution in [-0.2, 0) is 10.0 Å². The van der Waals surface area contributed by atoms with E-state index in [0.29, 0.717) is 17.2 Å². The molecule has 1 fully saturated rings. The van der Waals surface area contributed by atoms with Crippen LogP contribution >= 0.6 is 0 Å². The Kier molecular flexibility index (Phi) is 6.90. The number of sulfonamides is 1. The molecule has 1 N–H and O–H groups in total. The summed E-state index contributed by atoms with van der Waals surface area (Å²) in [6.45, 7) is 6.86. The second-order valence-electron chi connectivity index (χ2n) is 7.71. The standard InChI is InChI=1S/C22H28F2N2O2S/c1-3-13-26-14-12-19(15-26)18-4-8-20(9-5-18)25-29(27,28)21-10-6-17(7-11-21)16(2)22(23)24/h4-11,16,19,22,25H,3,12-15H2,1-2H3. The second-order valence-corrected chi connectivity index (χ2v) is 9.39. The predicted molar refractivity (Wildman–Crippen MR) is 112 cm³/mol. The fraction of sp³-hybridized carbons (Fsp3) is 0.455. The smallest absolute Gasteiger partial charge is 0.261 e. The predicted octanol–water partition coefficient (Wildman–Crippen LogP) is 5.06. The van der Waals surface area contributed by atoms with E-state index in [4.69, 9.17) is 0 Å². The topological polar surface area (TPSA) is 49.4 Å². The molecule has 2 unspecified atom stereocenters. The lowest BCUT2D eigenvalue weighted by Gasteiger charge is -2.15. The Morgan fingerprint density at radius 1 is 1.10 bits per heavy atom. The molecule has 1 saturated heterocycles. The van der Waals surface area contributed by atoms with Gasteiger partial charge in [0, 0.05) is 18.2 Å². The normalized spacial score (nSPS) is 18.9. The van der Waals surface area contributed by atoms with Gasteiger partial charge < -0.3 is 4.90 Å². The molecule has 0 amide bonds. The lowest BCUT2D eigenvalue weighted by Crippen LogP contribution is -2.20. The van der Waals surface area contributed by atoms with Crippen molar-refractivity contribution >= 4 is 15.7 Å². The highest BCUT2D eigenvalue weighted by atomic mass is 32.2. The molecule has 3 rings (SSSR count). The minimum atomic E-state index is -3.77. The van der Waals surface area contributed by atoms with Gasteiger partial charge >= 0.3 is 0 Å². The van der Waals surface area contributed by atoms with Gasteiger partial charge in [-0.05, 0) is 67.2 Å². The first-order chi connectivity index (χ1) is 13.8. The van der Waals surface area contributed by atoms with E-state index in [-0.39, 0.29) is 4.90 Å². The SMILES string of the molecule is CCCN1CCC(c2ccc(NS(=O)(=O)c3ccc(C(C)C(F)F)cc3)cc2)C1. The summed E-state index contributed by atoms with van der Waals surface area (Å²) in [6, 6.07) is 13.1. The van der Waals surface area contributed by atoms with Crippen molar-refractivity contribution in [2.75, 3.05) is 24.4 Å². The summed E-state index contributed by atoms with van der Waals surface area (Å²) in [5, 5.41) is 0. The van der Waals surface area contributed by atoms with Crippen LogP contribution < -0.4 is 4.72 Å². The summed E-state index contributed by atoms with van der Waals surface area (Å²) in [5.74, 6) is -0.451. The van der Waals surface area contributed by atoms with Crippen molar-refractivity contribution in [1.82, 2.24) is 4.90 Å². The van der Waals surface area contributed by atoms with Crippen LogP contribution in [0.2, 0.25) is 0 Å². The van der Waals surface area contributed by atoms with Crippen molar-refractivity contribution in [3.8, 4) is 0 Å². The number of alkyl halides is 2. The van der Waals surface area contributed by atoms with E-state index in [1.807, 2.05) is 12.1 Å². The Hall–Kier alpha value is -1.99. The van der Waals surface area contributed by atoms with Crippen LogP contribution in [0.3, 0.4) is 0 Å². The average molecular weight is 423 g/mol. The third kappa shape index (κ3) is 5.34. The third-order valence-corrected chi connectivity index (χ3v) is 6.94. The minimum Gasteiger partial charge on any atom is -0.303 e. The van der Waals surface area contributed by atoms with Crippen molar-refractivity contribution in [1.29, 1.82) is 0 Å². The molecule has 1 aliphatic rings. The molecular weight excluding hydrogens is 394 g/mol. The van der Waals surface area contributed by atoms with Gasteiger partial charge in [0.25, 0.3) is 10.0 Å². The molecule has 4 nitrogen and oxygen atoms in total. The molecule has 2 aromatic carbocycles. The molecule has 0 aromatic heterocycles. The van der Waals surface area contributed by atoms with E-state index < -0.39 is 22.4 Å². The zero-order chi connectivity index (χ0) is 21.0. The summed E-state index contributed by atoms with van der Waals surface area (Å²) in [4.78, 5) is 2.51. The highest BCUT2D eigenvalue weighted by Gasteiger charge is 2.23. The van der Waals surface area contributed by atoms with Gasteiger partial charge in [0.15, 0.2) is 0 Å². The van der Waals surface area contributed by atoms with Crippen LogP contribution in [0.15, 0.2) is 53.4 Å². The molecule has 0 aliphatic carbocycles. The van der Waals surface area contributed by atoms with Gasteiger partial charge in [0.1, 0.15) is 0 Å². The van der Waals surface area contributed by atoms with Crippen LogP contribution in [0.25, 0.3) is 0 Å². The molecule has 0 bridgehead atoms. The molecule has 2 atom stereocenters. The number of nitrogens with zero attached hydrogens (tertiary/aromatic N) is 1. The summed E-state index contributed by atoms with van der Waals surface area (Å²) in [5.41, 5.74) is 2.12. The van der Waals surface area contributed by atoms with Gasteiger partial charge in [-0.25, -0.2) is 17.2 Å². The van der Waals surface area contributed by atoms with Crippen molar-refractivity contribution in [3.05, 3.63) is 59.7 Å². The molecule has 1 aliphatic heterocycles. The van der Waals surface area contributed by atoms with Gasteiger partial charge in [0.2, 0.25) is 6.43 Å².